The molecular formula is C15H25NO2. The molecular weight excluding hydrogens is 226 g/mol. The van der Waals surface area contributed by atoms with E-state index in [1.807, 2.05) is 32.9 Å². The summed E-state index contributed by atoms with van der Waals surface area (Å²) in [5.74, 6) is 0.310. The second kappa shape index (κ2) is 6.21. The fraction of sp³-hybridized carbons (Fsp3) is 0.600. The first kappa shape index (κ1) is 15.0. The average Bonchev–Trinajstić information content (AvgIpc) is 2.26. The largest absolute Gasteiger partial charge is 0.508 e. The zero-order valence-corrected chi connectivity index (χ0v) is 11.8. The Morgan fingerprint density at radius 3 is 2.61 bits per heavy atom. The summed E-state index contributed by atoms with van der Waals surface area (Å²) < 4.78 is 0. The molecule has 0 aromatic heterocycles. The number of rotatable bonds is 6. The first-order chi connectivity index (χ1) is 8.35. The molecule has 0 aliphatic rings. The van der Waals surface area contributed by atoms with Crippen LogP contribution in [0.1, 0.15) is 50.8 Å². The molecule has 0 spiro atoms. The summed E-state index contributed by atoms with van der Waals surface area (Å²) in [6.45, 7) is 8.37. The van der Waals surface area contributed by atoms with E-state index in [-0.39, 0.29) is 6.04 Å². The first-order valence-electron chi connectivity index (χ1n) is 6.61. The van der Waals surface area contributed by atoms with Crippen LogP contribution in [0.15, 0.2) is 18.2 Å². The van der Waals surface area contributed by atoms with Crippen molar-refractivity contribution in [1.29, 1.82) is 0 Å². The molecule has 0 bridgehead atoms. The molecule has 18 heavy (non-hydrogen) atoms. The number of hydrogen-bond donors (Lipinski definition) is 3. The molecule has 3 nitrogen and oxygen atoms in total. The molecule has 0 saturated heterocycles. The Morgan fingerprint density at radius 1 is 1.39 bits per heavy atom. The van der Waals surface area contributed by atoms with Crippen molar-refractivity contribution in [3.8, 4) is 5.75 Å². The van der Waals surface area contributed by atoms with Gasteiger partial charge in [-0.15, -0.1) is 0 Å². The zero-order chi connectivity index (χ0) is 13.8. The van der Waals surface area contributed by atoms with Crippen molar-refractivity contribution >= 4 is 0 Å². The lowest BCUT2D eigenvalue weighted by atomic mass is 9.99. The van der Waals surface area contributed by atoms with Crippen LogP contribution >= 0.6 is 0 Å². The van der Waals surface area contributed by atoms with Gasteiger partial charge < -0.3 is 15.5 Å². The maximum Gasteiger partial charge on any atom is 0.120 e. The summed E-state index contributed by atoms with van der Waals surface area (Å²) in [4.78, 5) is 0. The lowest BCUT2D eigenvalue weighted by Crippen LogP contribution is -2.38. The second-order valence-corrected chi connectivity index (χ2v) is 5.41. The van der Waals surface area contributed by atoms with Crippen molar-refractivity contribution in [1.82, 2.24) is 5.32 Å². The van der Waals surface area contributed by atoms with Gasteiger partial charge in [0.2, 0.25) is 0 Å². The maximum atomic E-state index is 10.1. The van der Waals surface area contributed by atoms with Crippen LogP contribution < -0.4 is 5.32 Å². The van der Waals surface area contributed by atoms with Crippen molar-refractivity contribution in [2.24, 2.45) is 0 Å². The SMILES string of the molecule is CCCC(C)(O)CNC(C)c1ccc(C)cc1O. The molecule has 0 radical (unpaired) electrons. The Kier molecular flexibility index (Phi) is 5.17. The van der Waals surface area contributed by atoms with Crippen LogP contribution in [-0.4, -0.2) is 22.4 Å². The number of phenols is 1. The molecule has 1 rings (SSSR count). The van der Waals surface area contributed by atoms with Gasteiger partial charge in [0.05, 0.1) is 5.60 Å². The lowest BCUT2D eigenvalue weighted by Gasteiger charge is -2.26. The highest BCUT2D eigenvalue weighted by Crippen LogP contribution is 2.25. The van der Waals surface area contributed by atoms with Gasteiger partial charge >= 0.3 is 0 Å². The van der Waals surface area contributed by atoms with Crippen LogP contribution in [0.25, 0.3) is 0 Å². The van der Waals surface area contributed by atoms with Gasteiger partial charge in [-0.3, -0.25) is 0 Å². The number of aryl methyl sites for hydroxylation is 1. The van der Waals surface area contributed by atoms with E-state index >= 15 is 0 Å². The number of aliphatic hydroxyl groups is 1. The second-order valence-electron chi connectivity index (χ2n) is 5.41. The monoisotopic (exact) mass is 251 g/mol. The first-order valence-corrected chi connectivity index (χ1v) is 6.61. The molecule has 102 valence electrons. The van der Waals surface area contributed by atoms with Gasteiger partial charge in [0.25, 0.3) is 0 Å². The van der Waals surface area contributed by atoms with Crippen LogP contribution in [-0.2, 0) is 0 Å². The molecule has 0 amide bonds. The van der Waals surface area contributed by atoms with Crippen molar-refractivity contribution in [3.63, 3.8) is 0 Å². The number of aromatic hydroxyl groups is 1. The van der Waals surface area contributed by atoms with Crippen molar-refractivity contribution in [2.75, 3.05) is 6.54 Å². The number of benzene rings is 1. The Labute approximate surface area is 110 Å². The van der Waals surface area contributed by atoms with E-state index in [4.69, 9.17) is 0 Å². The third-order valence-corrected chi connectivity index (χ3v) is 3.23. The smallest absolute Gasteiger partial charge is 0.120 e. The predicted molar refractivity (Wildman–Crippen MR) is 74.8 cm³/mol. The molecule has 0 aliphatic heterocycles. The molecule has 3 N–H and O–H groups in total. The Balaban J connectivity index is 2.63. The third-order valence-electron chi connectivity index (χ3n) is 3.23. The minimum Gasteiger partial charge on any atom is -0.508 e. The van der Waals surface area contributed by atoms with Gasteiger partial charge in [0, 0.05) is 18.2 Å². The highest BCUT2D eigenvalue weighted by molar-refractivity contribution is 5.37. The topological polar surface area (TPSA) is 52.5 Å². The fourth-order valence-corrected chi connectivity index (χ4v) is 2.13. The minimum absolute atomic E-state index is 0.0222. The standard InChI is InChI=1S/C15H25NO2/c1-5-8-15(4,18)10-16-12(3)13-7-6-11(2)9-14(13)17/h6-7,9,12,16-18H,5,8,10H2,1-4H3. The van der Waals surface area contributed by atoms with Crippen molar-refractivity contribution in [2.45, 2.75) is 52.2 Å². The van der Waals surface area contributed by atoms with E-state index in [1.54, 1.807) is 6.07 Å². The molecule has 1 aromatic carbocycles. The summed E-state index contributed by atoms with van der Waals surface area (Å²) in [5.41, 5.74) is 1.22. The molecule has 1 aromatic rings. The Bertz CT molecular complexity index is 388. The van der Waals surface area contributed by atoms with E-state index in [0.29, 0.717) is 12.3 Å². The number of hydrogen-bond acceptors (Lipinski definition) is 3. The summed E-state index contributed by atoms with van der Waals surface area (Å²) in [5, 5.41) is 23.3. The summed E-state index contributed by atoms with van der Waals surface area (Å²) >= 11 is 0. The van der Waals surface area contributed by atoms with Gasteiger partial charge in [-0.2, -0.15) is 0 Å². The summed E-state index contributed by atoms with van der Waals surface area (Å²) in [6, 6.07) is 5.69. The third kappa shape index (κ3) is 4.31. The molecule has 0 heterocycles. The summed E-state index contributed by atoms with van der Waals surface area (Å²) in [6.07, 6.45) is 1.73. The molecule has 3 heteroatoms. The van der Waals surface area contributed by atoms with Crippen LogP contribution in [0.3, 0.4) is 0 Å². The average molecular weight is 251 g/mol. The number of phenolic OH excluding ortho intramolecular Hbond substituents is 1. The van der Waals surface area contributed by atoms with Gasteiger partial charge in [0.15, 0.2) is 0 Å². The van der Waals surface area contributed by atoms with Gasteiger partial charge in [-0.05, 0) is 38.8 Å². The summed E-state index contributed by atoms with van der Waals surface area (Å²) in [7, 11) is 0. The molecule has 2 unspecified atom stereocenters. The normalized spacial score (nSPS) is 16.3. The van der Waals surface area contributed by atoms with Gasteiger partial charge in [-0.25, -0.2) is 0 Å². The van der Waals surface area contributed by atoms with Gasteiger partial charge in [0.1, 0.15) is 5.75 Å². The van der Waals surface area contributed by atoms with Gasteiger partial charge in [-0.1, -0.05) is 25.5 Å². The Morgan fingerprint density at radius 2 is 2.06 bits per heavy atom. The van der Waals surface area contributed by atoms with E-state index in [9.17, 15) is 10.2 Å². The molecule has 0 aliphatic carbocycles. The van der Waals surface area contributed by atoms with Crippen LogP contribution in [0.5, 0.6) is 5.75 Å². The fourth-order valence-electron chi connectivity index (χ4n) is 2.13. The Hall–Kier alpha value is -1.06. The quantitative estimate of drug-likeness (QED) is 0.728. The zero-order valence-electron chi connectivity index (χ0n) is 11.8. The van der Waals surface area contributed by atoms with Crippen molar-refractivity contribution < 1.29 is 10.2 Å². The maximum absolute atomic E-state index is 10.1. The van der Waals surface area contributed by atoms with E-state index in [0.717, 1.165) is 24.0 Å². The van der Waals surface area contributed by atoms with E-state index in [1.165, 1.54) is 0 Å². The predicted octanol–water partition coefficient (Wildman–Crippen LogP) is 2.90. The van der Waals surface area contributed by atoms with E-state index in [2.05, 4.69) is 12.2 Å². The minimum atomic E-state index is -0.691. The van der Waals surface area contributed by atoms with Crippen LogP contribution in [0.4, 0.5) is 0 Å². The lowest BCUT2D eigenvalue weighted by molar-refractivity contribution is 0.0476. The number of nitrogens with one attached hydrogen (secondary N) is 1. The molecule has 0 fully saturated rings. The highest BCUT2D eigenvalue weighted by atomic mass is 16.3. The van der Waals surface area contributed by atoms with Crippen molar-refractivity contribution in [3.05, 3.63) is 29.3 Å². The molecule has 0 saturated carbocycles. The van der Waals surface area contributed by atoms with Crippen LogP contribution in [0, 0.1) is 6.92 Å². The van der Waals surface area contributed by atoms with E-state index < -0.39 is 5.60 Å². The van der Waals surface area contributed by atoms with Crippen LogP contribution in [0.2, 0.25) is 0 Å². The highest BCUT2D eigenvalue weighted by Gasteiger charge is 2.20. The molecule has 2 atom stereocenters.